The minimum atomic E-state index is -0.425. The van der Waals surface area contributed by atoms with E-state index < -0.39 is 6.10 Å². The number of aromatic amines is 1. The Kier molecular flexibility index (Phi) is 5.08. The average molecular weight is 301 g/mol. The molecule has 3 N–H and O–H groups in total. The summed E-state index contributed by atoms with van der Waals surface area (Å²) in [5, 5.41) is 20.7. The molecule has 1 heterocycles. The average Bonchev–Trinajstić information content (AvgIpc) is 3.05. The predicted molar refractivity (Wildman–Crippen MR) is 84.5 cm³/mol. The smallest absolute Gasteiger partial charge is 0.125 e. The van der Waals surface area contributed by atoms with E-state index in [0.29, 0.717) is 0 Å². The maximum Gasteiger partial charge on any atom is 0.125 e. The number of aliphatic hydroxyl groups is 1. The van der Waals surface area contributed by atoms with Crippen LogP contribution in [0.4, 0.5) is 0 Å². The quantitative estimate of drug-likeness (QED) is 0.764. The molecule has 1 aromatic heterocycles. The normalized spacial score (nSPS) is 25.0. The summed E-state index contributed by atoms with van der Waals surface area (Å²) in [6, 6.07) is 9.75. The van der Waals surface area contributed by atoms with Crippen molar-refractivity contribution in [2.45, 2.75) is 38.0 Å². The molecular formula is C17H23N3O2. The topological polar surface area (TPSA) is 70.2 Å². The molecule has 1 saturated carbocycles. The number of hydrogen-bond acceptors (Lipinski definition) is 4. The van der Waals surface area contributed by atoms with Gasteiger partial charge in [0.2, 0.25) is 0 Å². The highest BCUT2D eigenvalue weighted by Crippen LogP contribution is 2.28. The van der Waals surface area contributed by atoms with Gasteiger partial charge < -0.3 is 15.2 Å². The molecule has 118 valence electrons. The number of nitrogens with one attached hydrogen (secondary N) is 2. The van der Waals surface area contributed by atoms with Crippen LogP contribution in [0.2, 0.25) is 0 Å². The van der Waals surface area contributed by atoms with Crippen LogP contribution in [-0.4, -0.2) is 34.1 Å². The van der Waals surface area contributed by atoms with Crippen molar-refractivity contribution in [1.82, 2.24) is 15.5 Å². The Morgan fingerprint density at radius 3 is 2.91 bits per heavy atom. The molecule has 0 unspecified atom stereocenters. The summed E-state index contributed by atoms with van der Waals surface area (Å²) in [7, 11) is 0. The summed E-state index contributed by atoms with van der Waals surface area (Å²) in [5.41, 5.74) is 1.13. The molecule has 1 aliphatic rings. The molecule has 5 heteroatoms. The minimum absolute atomic E-state index is 0.114. The van der Waals surface area contributed by atoms with E-state index in [1.54, 1.807) is 0 Å². The van der Waals surface area contributed by atoms with Gasteiger partial charge in [-0.1, -0.05) is 18.2 Å². The molecule has 1 aliphatic carbocycles. The van der Waals surface area contributed by atoms with Gasteiger partial charge in [0.25, 0.3) is 0 Å². The zero-order valence-electron chi connectivity index (χ0n) is 12.6. The molecular weight excluding hydrogens is 278 g/mol. The van der Waals surface area contributed by atoms with E-state index in [1.807, 2.05) is 42.7 Å². The number of ether oxygens (including phenoxy) is 1. The van der Waals surface area contributed by atoms with Crippen molar-refractivity contribution in [2.75, 3.05) is 6.54 Å². The predicted octanol–water partition coefficient (Wildman–Crippen LogP) is 2.11. The number of aromatic nitrogens is 2. The van der Waals surface area contributed by atoms with E-state index in [-0.39, 0.29) is 12.0 Å². The first-order valence-electron chi connectivity index (χ1n) is 7.91. The van der Waals surface area contributed by atoms with Gasteiger partial charge in [-0.05, 0) is 31.4 Å². The highest BCUT2D eigenvalue weighted by Gasteiger charge is 2.32. The second kappa shape index (κ2) is 7.42. The molecule has 5 nitrogen and oxygen atoms in total. The number of para-hydroxylation sites is 1. The third-order valence-corrected chi connectivity index (χ3v) is 4.25. The third-order valence-electron chi connectivity index (χ3n) is 4.25. The van der Waals surface area contributed by atoms with Crippen LogP contribution < -0.4 is 10.1 Å². The lowest BCUT2D eigenvalue weighted by molar-refractivity contribution is -0.0306. The fraction of sp³-hybridized carbons (Fsp3) is 0.471. The maximum absolute atomic E-state index is 10.6. The fourth-order valence-electron chi connectivity index (χ4n) is 3.03. The fourth-order valence-corrected chi connectivity index (χ4v) is 3.03. The van der Waals surface area contributed by atoms with Gasteiger partial charge in [-0.3, -0.25) is 5.10 Å². The lowest BCUT2D eigenvalue weighted by Crippen LogP contribution is -2.44. The number of nitrogens with zero attached hydrogens (tertiary/aromatic N) is 1. The van der Waals surface area contributed by atoms with Gasteiger partial charge in [0.05, 0.1) is 12.3 Å². The minimum Gasteiger partial charge on any atom is -0.488 e. The van der Waals surface area contributed by atoms with E-state index in [4.69, 9.17) is 4.74 Å². The van der Waals surface area contributed by atoms with Crippen LogP contribution in [-0.2, 0) is 6.54 Å². The Morgan fingerprint density at radius 2 is 2.14 bits per heavy atom. The Bertz CT molecular complexity index is 544. The molecule has 0 saturated heterocycles. The van der Waals surface area contributed by atoms with E-state index in [9.17, 15) is 5.11 Å². The summed E-state index contributed by atoms with van der Waals surface area (Å²) >= 11 is 0. The molecule has 0 aliphatic heterocycles. The highest BCUT2D eigenvalue weighted by molar-refractivity contribution is 5.21. The number of hydrogen-bond donors (Lipinski definition) is 3. The van der Waals surface area contributed by atoms with Gasteiger partial charge in [0.15, 0.2) is 0 Å². The zero-order valence-corrected chi connectivity index (χ0v) is 12.6. The van der Waals surface area contributed by atoms with Crippen LogP contribution in [0.25, 0.3) is 0 Å². The first-order valence-corrected chi connectivity index (χ1v) is 7.91. The van der Waals surface area contributed by atoms with Gasteiger partial charge >= 0.3 is 0 Å². The van der Waals surface area contributed by atoms with E-state index in [2.05, 4.69) is 15.5 Å². The number of benzene rings is 1. The molecule has 2 aromatic rings. The molecule has 0 amide bonds. The van der Waals surface area contributed by atoms with E-state index in [0.717, 1.165) is 43.7 Å². The van der Waals surface area contributed by atoms with Crippen LogP contribution in [0.3, 0.4) is 0 Å². The lowest BCUT2D eigenvalue weighted by Gasteiger charge is -2.35. The number of rotatable bonds is 6. The highest BCUT2D eigenvalue weighted by atomic mass is 16.5. The second-order valence-corrected chi connectivity index (χ2v) is 5.89. The molecule has 0 bridgehead atoms. The monoisotopic (exact) mass is 301 g/mol. The Labute approximate surface area is 130 Å². The first kappa shape index (κ1) is 15.1. The summed E-state index contributed by atoms with van der Waals surface area (Å²) in [6.45, 7) is 1.56. The SMILES string of the molecule is O[C@@H]1[C@@H](CNCc2cn[nH]c2)CCC[C@H]1Oc1ccccc1. The van der Waals surface area contributed by atoms with Crippen LogP contribution >= 0.6 is 0 Å². The van der Waals surface area contributed by atoms with Crippen LogP contribution in [0.5, 0.6) is 5.75 Å². The van der Waals surface area contributed by atoms with Gasteiger partial charge in [0.1, 0.15) is 11.9 Å². The van der Waals surface area contributed by atoms with Crippen LogP contribution in [0, 0.1) is 5.92 Å². The third kappa shape index (κ3) is 3.87. The standard InChI is InChI=1S/C17H23N3O2/c21-17-14(12-18-9-13-10-19-20-11-13)5-4-8-16(17)22-15-6-2-1-3-7-15/h1-3,6-7,10-11,14,16-18,21H,4-5,8-9,12H2,(H,19,20)/t14-,16-,17-/m1/s1. The van der Waals surface area contributed by atoms with Crippen molar-refractivity contribution in [3.63, 3.8) is 0 Å². The molecule has 3 rings (SSSR count). The number of aliphatic hydroxyl groups excluding tert-OH is 1. The van der Waals surface area contributed by atoms with Crippen molar-refractivity contribution in [2.24, 2.45) is 5.92 Å². The van der Waals surface area contributed by atoms with E-state index in [1.165, 1.54) is 0 Å². The molecule has 1 fully saturated rings. The molecule has 22 heavy (non-hydrogen) atoms. The van der Waals surface area contributed by atoms with Gasteiger partial charge in [0, 0.05) is 30.8 Å². The first-order chi connectivity index (χ1) is 10.8. The van der Waals surface area contributed by atoms with Gasteiger partial charge in [-0.25, -0.2) is 0 Å². The summed E-state index contributed by atoms with van der Waals surface area (Å²) in [4.78, 5) is 0. The van der Waals surface area contributed by atoms with Crippen LogP contribution in [0.1, 0.15) is 24.8 Å². The van der Waals surface area contributed by atoms with Crippen LogP contribution in [0.15, 0.2) is 42.7 Å². The van der Waals surface area contributed by atoms with Crippen molar-refractivity contribution in [1.29, 1.82) is 0 Å². The van der Waals surface area contributed by atoms with Gasteiger partial charge in [-0.15, -0.1) is 0 Å². The summed E-state index contributed by atoms with van der Waals surface area (Å²) < 4.78 is 5.96. The second-order valence-electron chi connectivity index (χ2n) is 5.89. The molecule has 1 aromatic carbocycles. The molecule has 0 radical (unpaired) electrons. The largest absolute Gasteiger partial charge is 0.488 e. The van der Waals surface area contributed by atoms with Gasteiger partial charge in [-0.2, -0.15) is 5.10 Å². The van der Waals surface area contributed by atoms with Crippen molar-refractivity contribution < 1.29 is 9.84 Å². The summed E-state index contributed by atoms with van der Waals surface area (Å²) in [6.07, 6.45) is 6.19. The maximum atomic E-state index is 10.6. The Hall–Kier alpha value is -1.85. The van der Waals surface area contributed by atoms with Crippen molar-refractivity contribution in [3.05, 3.63) is 48.3 Å². The zero-order chi connectivity index (χ0) is 15.2. The lowest BCUT2D eigenvalue weighted by atomic mass is 9.84. The number of H-pyrrole nitrogens is 1. The Balaban J connectivity index is 1.50. The summed E-state index contributed by atoms with van der Waals surface area (Å²) in [5.74, 6) is 1.06. The van der Waals surface area contributed by atoms with Crippen molar-refractivity contribution in [3.8, 4) is 5.75 Å². The van der Waals surface area contributed by atoms with Crippen molar-refractivity contribution >= 4 is 0 Å². The Morgan fingerprint density at radius 1 is 1.27 bits per heavy atom. The van der Waals surface area contributed by atoms with E-state index >= 15 is 0 Å². The molecule has 3 atom stereocenters. The molecule has 0 spiro atoms.